The molecular formula is C16H27N3O4. The second-order valence-corrected chi connectivity index (χ2v) is 6.12. The average Bonchev–Trinajstić information content (AvgIpc) is 2.45. The molecule has 0 aromatic heterocycles. The fourth-order valence-electron chi connectivity index (χ4n) is 3.22. The van der Waals surface area contributed by atoms with Crippen molar-refractivity contribution in [1.29, 1.82) is 0 Å². The van der Waals surface area contributed by atoms with Crippen LogP contribution < -0.4 is 10.6 Å². The van der Waals surface area contributed by atoms with Gasteiger partial charge in [0.15, 0.2) is 0 Å². The summed E-state index contributed by atoms with van der Waals surface area (Å²) in [6, 6.07) is -0.581. The van der Waals surface area contributed by atoms with Crippen LogP contribution in [-0.4, -0.2) is 61.4 Å². The van der Waals surface area contributed by atoms with Gasteiger partial charge in [0.2, 0.25) is 0 Å². The SMILES string of the molecule is CCOC(=O)C1=C(CN2CC(C)OC(C)C2)NC(=O)NC1CC. The van der Waals surface area contributed by atoms with Gasteiger partial charge in [-0.25, -0.2) is 9.59 Å². The third-order valence-corrected chi connectivity index (χ3v) is 4.02. The van der Waals surface area contributed by atoms with E-state index in [0.29, 0.717) is 30.8 Å². The van der Waals surface area contributed by atoms with Gasteiger partial charge in [0.05, 0.1) is 30.4 Å². The van der Waals surface area contributed by atoms with E-state index >= 15 is 0 Å². The van der Waals surface area contributed by atoms with Crippen LogP contribution >= 0.6 is 0 Å². The number of hydrogen-bond donors (Lipinski definition) is 2. The van der Waals surface area contributed by atoms with Crippen molar-refractivity contribution in [3.8, 4) is 0 Å². The summed E-state index contributed by atoms with van der Waals surface area (Å²) in [5.74, 6) is -0.365. The van der Waals surface area contributed by atoms with Crippen LogP contribution in [0.2, 0.25) is 0 Å². The van der Waals surface area contributed by atoms with E-state index in [1.807, 2.05) is 20.8 Å². The number of morpholine rings is 1. The van der Waals surface area contributed by atoms with Crippen LogP contribution in [0, 0.1) is 0 Å². The van der Waals surface area contributed by atoms with Crippen LogP contribution in [0.1, 0.15) is 34.1 Å². The summed E-state index contributed by atoms with van der Waals surface area (Å²) in [5.41, 5.74) is 1.17. The van der Waals surface area contributed by atoms with Crippen LogP contribution in [0.3, 0.4) is 0 Å². The molecule has 2 heterocycles. The highest BCUT2D eigenvalue weighted by molar-refractivity contribution is 5.94. The Balaban J connectivity index is 2.24. The minimum absolute atomic E-state index is 0.129. The molecule has 0 radical (unpaired) electrons. The number of ether oxygens (including phenoxy) is 2. The topological polar surface area (TPSA) is 79.9 Å². The van der Waals surface area contributed by atoms with Crippen LogP contribution in [0.5, 0.6) is 0 Å². The number of esters is 1. The van der Waals surface area contributed by atoms with Crippen LogP contribution in [0.4, 0.5) is 4.79 Å². The summed E-state index contributed by atoms with van der Waals surface area (Å²) in [6.45, 7) is 10.1. The fourth-order valence-corrected chi connectivity index (χ4v) is 3.22. The van der Waals surface area contributed by atoms with E-state index in [2.05, 4.69) is 15.5 Å². The number of hydrogen-bond acceptors (Lipinski definition) is 5. The first-order valence-corrected chi connectivity index (χ1v) is 8.30. The first-order valence-electron chi connectivity index (χ1n) is 8.30. The highest BCUT2D eigenvalue weighted by Gasteiger charge is 2.33. The number of rotatable bonds is 5. The Kier molecular flexibility index (Phi) is 6.01. The van der Waals surface area contributed by atoms with Gasteiger partial charge in [-0.05, 0) is 27.2 Å². The Labute approximate surface area is 137 Å². The van der Waals surface area contributed by atoms with Gasteiger partial charge in [-0.3, -0.25) is 4.90 Å². The zero-order chi connectivity index (χ0) is 17.0. The largest absolute Gasteiger partial charge is 0.463 e. The number of nitrogens with one attached hydrogen (secondary N) is 2. The van der Waals surface area contributed by atoms with E-state index in [1.54, 1.807) is 6.92 Å². The van der Waals surface area contributed by atoms with E-state index in [1.165, 1.54) is 0 Å². The van der Waals surface area contributed by atoms with Gasteiger partial charge < -0.3 is 20.1 Å². The Morgan fingerprint density at radius 2 is 1.96 bits per heavy atom. The Morgan fingerprint density at radius 1 is 1.30 bits per heavy atom. The molecule has 0 aliphatic carbocycles. The zero-order valence-electron chi connectivity index (χ0n) is 14.3. The molecule has 0 spiro atoms. The molecule has 1 fully saturated rings. The lowest BCUT2D eigenvalue weighted by Crippen LogP contribution is -2.54. The number of amides is 2. The lowest BCUT2D eigenvalue weighted by molar-refractivity contribution is -0.139. The molecule has 0 aromatic rings. The molecule has 7 nitrogen and oxygen atoms in total. The highest BCUT2D eigenvalue weighted by Crippen LogP contribution is 2.19. The summed E-state index contributed by atoms with van der Waals surface area (Å²) < 4.78 is 10.9. The van der Waals surface area contributed by atoms with Gasteiger partial charge in [0.1, 0.15) is 0 Å². The molecule has 2 amide bonds. The van der Waals surface area contributed by atoms with Crippen molar-refractivity contribution in [2.24, 2.45) is 0 Å². The van der Waals surface area contributed by atoms with Gasteiger partial charge in [-0.15, -0.1) is 0 Å². The first kappa shape index (κ1) is 17.7. The first-order chi connectivity index (χ1) is 10.9. The van der Waals surface area contributed by atoms with Crippen molar-refractivity contribution in [2.45, 2.75) is 52.4 Å². The molecule has 7 heteroatoms. The van der Waals surface area contributed by atoms with Crippen molar-refractivity contribution in [3.05, 3.63) is 11.3 Å². The van der Waals surface area contributed by atoms with Crippen molar-refractivity contribution < 1.29 is 19.1 Å². The number of carbonyl (C=O) groups is 2. The molecule has 0 bridgehead atoms. The maximum absolute atomic E-state index is 12.3. The van der Waals surface area contributed by atoms with Crippen LogP contribution in [0.15, 0.2) is 11.3 Å². The molecule has 0 aromatic carbocycles. The summed E-state index contributed by atoms with van der Waals surface area (Å²) in [4.78, 5) is 26.4. The minimum Gasteiger partial charge on any atom is -0.463 e. The van der Waals surface area contributed by atoms with Gasteiger partial charge in [0.25, 0.3) is 0 Å². The predicted octanol–water partition coefficient (Wildman–Crippen LogP) is 1.00. The molecule has 130 valence electrons. The molecule has 3 atom stereocenters. The summed E-state index contributed by atoms with van der Waals surface area (Å²) in [5, 5.41) is 5.58. The van der Waals surface area contributed by atoms with Crippen molar-refractivity contribution in [1.82, 2.24) is 15.5 Å². The van der Waals surface area contributed by atoms with Crippen LogP contribution in [0.25, 0.3) is 0 Å². The van der Waals surface area contributed by atoms with E-state index in [-0.39, 0.29) is 30.3 Å². The standard InChI is InChI=1S/C16H27N3O4/c1-5-12-14(15(20)22-6-2)13(18-16(21)17-12)9-19-7-10(3)23-11(4)8-19/h10-12H,5-9H2,1-4H3,(H2,17,18,21). The Bertz CT molecular complexity index is 482. The average molecular weight is 325 g/mol. The third kappa shape index (κ3) is 4.45. The summed E-state index contributed by atoms with van der Waals surface area (Å²) in [6.07, 6.45) is 0.899. The van der Waals surface area contributed by atoms with Gasteiger partial charge in [-0.2, -0.15) is 0 Å². The number of nitrogens with zero attached hydrogens (tertiary/aromatic N) is 1. The number of carbonyl (C=O) groups excluding carboxylic acids is 2. The molecular weight excluding hydrogens is 298 g/mol. The molecule has 0 saturated carbocycles. The fraction of sp³-hybridized carbons (Fsp3) is 0.750. The second kappa shape index (κ2) is 7.79. The molecule has 1 saturated heterocycles. The van der Waals surface area contributed by atoms with E-state index in [9.17, 15) is 9.59 Å². The van der Waals surface area contributed by atoms with Gasteiger partial charge in [0, 0.05) is 25.3 Å². The molecule has 23 heavy (non-hydrogen) atoms. The third-order valence-electron chi connectivity index (χ3n) is 4.02. The lowest BCUT2D eigenvalue weighted by Gasteiger charge is -2.37. The lowest BCUT2D eigenvalue weighted by atomic mass is 9.99. The smallest absolute Gasteiger partial charge is 0.337 e. The van der Waals surface area contributed by atoms with E-state index < -0.39 is 0 Å². The molecule has 2 N–H and O–H groups in total. The maximum Gasteiger partial charge on any atom is 0.337 e. The monoisotopic (exact) mass is 325 g/mol. The Hall–Kier alpha value is -1.60. The van der Waals surface area contributed by atoms with Crippen LogP contribution in [-0.2, 0) is 14.3 Å². The quantitative estimate of drug-likeness (QED) is 0.737. The van der Waals surface area contributed by atoms with Gasteiger partial charge >= 0.3 is 12.0 Å². The Morgan fingerprint density at radius 3 is 2.52 bits per heavy atom. The molecule has 2 rings (SSSR count). The second-order valence-electron chi connectivity index (χ2n) is 6.12. The minimum atomic E-state index is -0.365. The van der Waals surface area contributed by atoms with Gasteiger partial charge in [-0.1, -0.05) is 6.92 Å². The molecule has 3 unspecified atom stereocenters. The maximum atomic E-state index is 12.3. The van der Waals surface area contributed by atoms with Crippen molar-refractivity contribution in [2.75, 3.05) is 26.2 Å². The molecule has 2 aliphatic heterocycles. The summed E-state index contributed by atoms with van der Waals surface area (Å²) in [7, 11) is 0. The van der Waals surface area contributed by atoms with Crippen molar-refractivity contribution in [3.63, 3.8) is 0 Å². The zero-order valence-corrected chi connectivity index (χ0v) is 14.3. The van der Waals surface area contributed by atoms with E-state index in [0.717, 1.165) is 13.1 Å². The normalized spacial score (nSPS) is 29.0. The van der Waals surface area contributed by atoms with Crippen molar-refractivity contribution >= 4 is 12.0 Å². The predicted molar refractivity (Wildman–Crippen MR) is 85.9 cm³/mol. The highest BCUT2D eigenvalue weighted by atomic mass is 16.5. The van der Waals surface area contributed by atoms with E-state index in [4.69, 9.17) is 9.47 Å². The number of urea groups is 1. The summed E-state index contributed by atoms with van der Waals surface area (Å²) >= 11 is 0. The molecule has 2 aliphatic rings.